The summed E-state index contributed by atoms with van der Waals surface area (Å²) in [5.41, 5.74) is 4.19. The molecule has 1 N–H and O–H groups in total. The van der Waals surface area contributed by atoms with Gasteiger partial charge in [0.2, 0.25) is 0 Å². The van der Waals surface area contributed by atoms with Gasteiger partial charge in [-0.3, -0.25) is 4.55 Å². The quantitative estimate of drug-likeness (QED) is 0.731. The molecule has 0 aliphatic carbocycles. The van der Waals surface area contributed by atoms with Gasteiger partial charge >= 0.3 is 0 Å². The zero-order valence-corrected chi connectivity index (χ0v) is 13.7. The number of para-hydroxylation sites is 1. The smallest absolute Gasteiger partial charge is 0.266 e. The molecule has 2 aromatic heterocycles. The Labute approximate surface area is 134 Å². The van der Waals surface area contributed by atoms with E-state index < -0.39 is 10.1 Å². The Morgan fingerprint density at radius 3 is 2.83 bits per heavy atom. The minimum absolute atomic E-state index is 0.306. The van der Waals surface area contributed by atoms with Gasteiger partial charge in [-0.05, 0) is 25.0 Å². The zero-order valence-electron chi connectivity index (χ0n) is 12.9. The number of benzene rings is 1. The summed E-state index contributed by atoms with van der Waals surface area (Å²) in [7, 11) is -2.05. The predicted octanol–water partition coefficient (Wildman–Crippen LogP) is 2.34. The highest BCUT2D eigenvalue weighted by atomic mass is 32.2. The van der Waals surface area contributed by atoms with E-state index in [-0.39, 0.29) is 11.8 Å². The zero-order chi connectivity index (χ0) is 16.4. The molecule has 23 heavy (non-hydrogen) atoms. The highest BCUT2D eigenvalue weighted by molar-refractivity contribution is 7.85. The maximum Gasteiger partial charge on any atom is 0.266 e. The van der Waals surface area contributed by atoms with E-state index >= 15 is 0 Å². The lowest BCUT2D eigenvalue weighted by molar-refractivity contribution is 0.452. The van der Waals surface area contributed by atoms with Crippen LogP contribution in [0.2, 0.25) is 0 Å². The van der Waals surface area contributed by atoms with Gasteiger partial charge in [0, 0.05) is 18.0 Å². The van der Waals surface area contributed by atoms with E-state index in [2.05, 4.69) is 21.7 Å². The van der Waals surface area contributed by atoms with Gasteiger partial charge < -0.3 is 9.13 Å². The highest BCUT2D eigenvalue weighted by Crippen LogP contribution is 2.41. The van der Waals surface area contributed by atoms with Crippen molar-refractivity contribution in [3.63, 3.8) is 0 Å². The highest BCUT2D eigenvalue weighted by Gasteiger charge is 2.32. The fourth-order valence-electron chi connectivity index (χ4n) is 3.80. The van der Waals surface area contributed by atoms with Crippen LogP contribution in [0.4, 0.5) is 0 Å². The number of fused-ring (bicyclic) bond motifs is 5. The first-order valence-electron chi connectivity index (χ1n) is 7.42. The summed E-state index contributed by atoms with van der Waals surface area (Å²) in [5, 5.41) is 1.12. The Kier molecular flexibility index (Phi) is 2.95. The average Bonchev–Trinajstić information content (AvgIpc) is 2.98. The normalized spacial score (nSPS) is 17.3. The molecule has 1 aromatic carbocycles. The van der Waals surface area contributed by atoms with Crippen LogP contribution in [0.15, 0.2) is 30.5 Å². The number of imidazole rings is 1. The molecule has 0 saturated carbocycles. The standard InChI is InChI=1S/C16H17N3O3S/c1-10-17-8-15-16-13(7-11(19(10)15)9-23(20,21)22)12-5-3-4-6-14(12)18(16)2/h3-6,8,11H,7,9H2,1-2H3,(H,20,21,22). The molecule has 1 atom stereocenters. The molecule has 3 aromatic rings. The maximum atomic E-state index is 11.4. The molecule has 1 unspecified atom stereocenters. The molecule has 0 radical (unpaired) electrons. The molecule has 7 heteroatoms. The van der Waals surface area contributed by atoms with Crippen LogP contribution in [0.1, 0.15) is 17.4 Å². The molecule has 0 fully saturated rings. The molecular weight excluding hydrogens is 314 g/mol. The van der Waals surface area contributed by atoms with Crippen LogP contribution >= 0.6 is 0 Å². The van der Waals surface area contributed by atoms with Crippen molar-refractivity contribution in [1.82, 2.24) is 14.1 Å². The fraction of sp³-hybridized carbons (Fsp3) is 0.312. The Balaban J connectivity index is 2.02. The van der Waals surface area contributed by atoms with Crippen LogP contribution in [-0.2, 0) is 23.6 Å². The number of rotatable bonds is 2. The van der Waals surface area contributed by atoms with Crippen molar-refractivity contribution in [3.8, 4) is 11.4 Å². The number of aromatic nitrogens is 3. The third-order valence-corrected chi connectivity index (χ3v) is 5.45. The van der Waals surface area contributed by atoms with E-state index in [0.29, 0.717) is 6.42 Å². The summed E-state index contributed by atoms with van der Waals surface area (Å²) in [6, 6.07) is 7.74. The Morgan fingerprint density at radius 2 is 2.09 bits per heavy atom. The van der Waals surface area contributed by atoms with Crippen molar-refractivity contribution in [1.29, 1.82) is 0 Å². The number of hydrogen-bond acceptors (Lipinski definition) is 3. The first-order valence-corrected chi connectivity index (χ1v) is 9.03. The second-order valence-electron chi connectivity index (χ2n) is 6.07. The molecule has 4 rings (SSSR count). The lowest BCUT2D eigenvalue weighted by atomic mass is 9.98. The lowest BCUT2D eigenvalue weighted by Gasteiger charge is -2.27. The van der Waals surface area contributed by atoms with Gasteiger partial charge in [0.05, 0.1) is 29.4 Å². The molecule has 0 amide bonds. The van der Waals surface area contributed by atoms with Gasteiger partial charge in [-0.2, -0.15) is 8.42 Å². The first kappa shape index (κ1) is 14.5. The van der Waals surface area contributed by atoms with E-state index in [1.165, 1.54) is 0 Å². The van der Waals surface area contributed by atoms with E-state index in [9.17, 15) is 13.0 Å². The van der Waals surface area contributed by atoms with Crippen molar-refractivity contribution in [2.24, 2.45) is 7.05 Å². The van der Waals surface area contributed by atoms with Gasteiger partial charge in [0.1, 0.15) is 5.82 Å². The third-order valence-electron chi connectivity index (χ3n) is 4.64. The summed E-state index contributed by atoms with van der Waals surface area (Å²) in [6.45, 7) is 1.86. The van der Waals surface area contributed by atoms with Crippen LogP contribution in [0.25, 0.3) is 22.3 Å². The number of hydrogen-bond donors (Lipinski definition) is 1. The number of aryl methyl sites for hydroxylation is 2. The van der Waals surface area contributed by atoms with E-state index in [4.69, 9.17) is 0 Å². The van der Waals surface area contributed by atoms with Crippen molar-refractivity contribution in [2.75, 3.05) is 5.75 Å². The third kappa shape index (κ3) is 2.11. The van der Waals surface area contributed by atoms with Gasteiger partial charge in [0.15, 0.2) is 0 Å². The summed E-state index contributed by atoms with van der Waals surface area (Å²) in [5.74, 6) is 0.449. The van der Waals surface area contributed by atoms with Crippen LogP contribution in [-0.4, -0.2) is 32.8 Å². The second-order valence-corrected chi connectivity index (χ2v) is 7.57. The Bertz CT molecular complexity index is 1030. The van der Waals surface area contributed by atoms with Crippen LogP contribution in [0.3, 0.4) is 0 Å². The molecule has 6 nitrogen and oxygen atoms in total. The Morgan fingerprint density at radius 1 is 1.35 bits per heavy atom. The van der Waals surface area contributed by atoms with Gasteiger partial charge in [0.25, 0.3) is 10.1 Å². The average molecular weight is 331 g/mol. The topological polar surface area (TPSA) is 77.1 Å². The van der Waals surface area contributed by atoms with Crippen LogP contribution in [0, 0.1) is 6.92 Å². The summed E-state index contributed by atoms with van der Waals surface area (Å²) in [4.78, 5) is 4.36. The monoisotopic (exact) mass is 331 g/mol. The predicted molar refractivity (Wildman–Crippen MR) is 88.0 cm³/mol. The summed E-state index contributed by atoms with van der Waals surface area (Å²) >= 11 is 0. The van der Waals surface area contributed by atoms with Crippen molar-refractivity contribution >= 4 is 21.0 Å². The number of nitrogens with zero attached hydrogens (tertiary/aromatic N) is 3. The van der Waals surface area contributed by atoms with Gasteiger partial charge in [-0.1, -0.05) is 18.2 Å². The molecule has 1 aliphatic heterocycles. The second kappa shape index (κ2) is 4.69. The van der Waals surface area contributed by atoms with E-state index in [1.807, 2.05) is 30.7 Å². The maximum absolute atomic E-state index is 11.4. The van der Waals surface area contributed by atoms with E-state index in [0.717, 1.165) is 33.7 Å². The lowest BCUT2D eigenvalue weighted by Crippen LogP contribution is -2.26. The van der Waals surface area contributed by atoms with Gasteiger partial charge in [-0.15, -0.1) is 0 Å². The summed E-state index contributed by atoms with van der Waals surface area (Å²) in [6.07, 6.45) is 2.34. The minimum Gasteiger partial charge on any atom is -0.342 e. The SMILES string of the molecule is Cc1ncc2n1C(CS(=O)(=O)O)Cc1c-2n(C)c2ccccc12. The first-order chi connectivity index (χ1) is 10.9. The molecule has 120 valence electrons. The summed E-state index contributed by atoms with van der Waals surface area (Å²) < 4.78 is 36.3. The molecular formula is C16H17N3O3S. The molecule has 3 heterocycles. The van der Waals surface area contributed by atoms with E-state index in [1.54, 1.807) is 6.20 Å². The van der Waals surface area contributed by atoms with Crippen molar-refractivity contribution < 1.29 is 13.0 Å². The van der Waals surface area contributed by atoms with Crippen molar-refractivity contribution in [3.05, 3.63) is 41.9 Å². The van der Waals surface area contributed by atoms with Gasteiger partial charge in [-0.25, -0.2) is 4.98 Å². The largest absolute Gasteiger partial charge is 0.342 e. The minimum atomic E-state index is -4.07. The molecule has 0 saturated heterocycles. The molecule has 1 aliphatic rings. The molecule has 0 bridgehead atoms. The van der Waals surface area contributed by atoms with Crippen LogP contribution in [0.5, 0.6) is 0 Å². The fourth-order valence-corrected chi connectivity index (χ4v) is 4.55. The molecule has 0 spiro atoms. The Hall–Kier alpha value is -2.12. The van der Waals surface area contributed by atoms with Crippen molar-refractivity contribution in [2.45, 2.75) is 19.4 Å². The van der Waals surface area contributed by atoms with Crippen LogP contribution < -0.4 is 0 Å².